The third-order valence-corrected chi connectivity index (χ3v) is 14.3. The molecule has 0 unspecified atom stereocenters. The number of rotatable bonds is 15. The van der Waals surface area contributed by atoms with E-state index in [9.17, 15) is 0 Å². The highest BCUT2D eigenvalue weighted by Crippen LogP contribution is 2.45. The first-order valence-corrected chi connectivity index (χ1v) is 27.9. The van der Waals surface area contributed by atoms with Crippen molar-refractivity contribution < 1.29 is 9.47 Å². The second kappa shape index (κ2) is 29.1. The van der Waals surface area contributed by atoms with Crippen LogP contribution in [0.5, 0.6) is 23.0 Å². The summed E-state index contributed by atoms with van der Waals surface area (Å²) in [5.41, 5.74) is 11.4. The van der Waals surface area contributed by atoms with Crippen molar-refractivity contribution in [3.8, 4) is 23.0 Å². The van der Waals surface area contributed by atoms with Crippen molar-refractivity contribution >= 4 is 102 Å². The number of benzene rings is 12. The van der Waals surface area contributed by atoms with Crippen molar-refractivity contribution in [3.05, 3.63) is 342 Å². The Labute approximate surface area is 500 Å². The van der Waals surface area contributed by atoms with Gasteiger partial charge in [0.15, 0.2) is 0 Å². The van der Waals surface area contributed by atoms with Crippen molar-refractivity contribution in [3.63, 3.8) is 0 Å². The fraction of sp³-hybridized carbons (Fsp3) is 0.0137. The molecule has 0 aliphatic carbocycles. The summed E-state index contributed by atoms with van der Waals surface area (Å²) in [6.07, 6.45) is 0. The van der Waals surface area contributed by atoms with Gasteiger partial charge in [-0.15, -0.1) is 0 Å². The number of anilines is 11. The topological polar surface area (TPSA) is 40.2 Å². The van der Waals surface area contributed by atoms with E-state index >= 15 is 0 Å². The first-order chi connectivity index (χ1) is 39.9. The van der Waals surface area contributed by atoms with Gasteiger partial charge in [0.25, 0.3) is 0 Å². The fourth-order valence-corrected chi connectivity index (χ4v) is 9.70. The van der Waals surface area contributed by atoms with Gasteiger partial charge >= 0.3 is 0 Å². The van der Waals surface area contributed by atoms with E-state index in [0.717, 1.165) is 72.8 Å². The molecule has 12 aromatic rings. The van der Waals surface area contributed by atoms with E-state index in [2.05, 4.69) is 121 Å². The molecule has 0 aliphatic rings. The van der Waals surface area contributed by atoms with Crippen LogP contribution in [0.15, 0.2) is 332 Å². The molecular weight excluding hydrogens is 1120 g/mol. The number of hydrogen-bond donors (Lipinski definition) is 1. The zero-order chi connectivity index (χ0) is 55.4. The number of halogens is 3. The molecule has 6 nitrogen and oxygen atoms in total. The summed E-state index contributed by atoms with van der Waals surface area (Å²) >= 11 is 16.9. The molecule has 0 fully saturated rings. The molecule has 0 spiro atoms. The molecule has 0 aromatic heterocycles. The SMILES string of the molecule is C.Clc1c(Br)cccc1Oc1cccc(N(c2ccccc2)c2ccccc2)c1.Clc1c(Oc2cccc(N(c3ccccc3)c3ccccc3)c2)cccc1N(c1ccccc1)c1ccccc1.c1ccc(Nc2ccccc2)cc1. The van der Waals surface area contributed by atoms with Crippen LogP contribution < -0.4 is 29.5 Å². The van der Waals surface area contributed by atoms with Crippen LogP contribution in [0, 0.1) is 0 Å². The lowest BCUT2D eigenvalue weighted by molar-refractivity contribution is 0.482. The van der Waals surface area contributed by atoms with Gasteiger partial charge in [-0.2, -0.15) is 0 Å². The molecule has 12 rings (SSSR count). The average Bonchev–Trinajstić information content (AvgIpc) is 3.73. The molecule has 0 saturated carbocycles. The van der Waals surface area contributed by atoms with Crippen LogP contribution >= 0.6 is 39.1 Å². The van der Waals surface area contributed by atoms with Crippen LogP contribution in [0.4, 0.5) is 62.6 Å². The Balaban J connectivity index is 0.000000166. The van der Waals surface area contributed by atoms with Gasteiger partial charge in [0, 0.05) is 73.5 Å². The first kappa shape index (κ1) is 57.2. The Morgan fingerprint density at radius 2 is 0.561 bits per heavy atom. The summed E-state index contributed by atoms with van der Waals surface area (Å²) in [5, 5.41) is 4.39. The van der Waals surface area contributed by atoms with Gasteiger partial charge in [0.05, 0.1) is 10.7 Å². The van der Waals surface area contributed by atoms with E-state index in [1.165, 1.54) is 0 Å². The highest BCUT2D eigenvalue weighted by atomic mass is 79.9. The van der Waals surface area contributed by atoms with Crippen molar-refractivity contribution in [2.75, 3.05) is 20.0 Å². The summed E-state index contributed by atoms with van der Waals surface area (Å²) in [7, 11) is 0. The third kappa shape index (κ3) is 15.0. The number of nitrogens with one attached hydrogen (secondary N) is 1. The van der Waals surface area contributed by atoms with Gasteiger partial charge in [-0.05, 0) is 162 Å². The lowest BCUT2D eigenvalue weighted by Crippen LogP contribution is -2.10. The van der Waals surface area contributed by atoms with Crippen LogP contribution in [0.25, 0.3) is 0 Å². The maximum Gasteiger partial charge on any atom is 0.148 e. The van der Waals surface area contributed by atoms with Gasteiger partial charge in [-0.25, -0.2) is 0 Å². The Morgan fingerprint density at radius 1 is 0.280 bits per heavy atom. The number of para-hydroxylation sites is 8. The molecule has 82 heavy (non-hydrogen) atoms. The first-order valence-electron chi connectivity index (χ1n) is 26.3. The van der Waals surface area contributed by atoms with E-state index in [0.29, 0.717) is 27.3 Å². The average molecular weight is 1180 g/mol. The Bertz CT molecular complexity index is 3680. The highest BCUT2D eigenvalue weighted by molar-refractivity contribution is 9.10. The second-order valence-corrected chi connectivity index (χ2v) is 19.8. The summed E-state index contributed by atoms with van der Waals surface area (Å²) < 4.78 is 13.3. The van der Waals surface area contributed by atoms with Crippen LogP contribution in [-0.4, -0.2) is 0 Å². The van der Waals surface area contributed by atoms with Crippen LogP contribution in [0.3, 0.4) is 0 Å². The van der Waals surface area contributed by atoms with E-state index in [1.54, 1.807) is 0 Å². The lowest BCUT2D eigenvalue weighted by Gasteiger charge is -2.27. The Hall–Kier alpha value is -9.50. The molecule has 0 radical (unpaired) electrons. The molecule has 0 amide bonds. The molecular formula is C73H59BrCl2N4O2. The van der Waals surface area contributed by atoms with E-state index in [1.807, 2.05) is 243 Å². The molecule has 0 atom stereocenters. The zero-order valence-corrected chi connectivity index (χ0v) is 47.1. The molecule has 404 valence electrons. The van der Waals surface area contributed by atoms with Crippen molar-refractivity contribution in [2.45, 2.75) is 7.43 Å². The number of ether oxygens (including phenoxy) is 2. The van der Waals surface area contributed by atoms with Crippen LogP contribution in [-0.2, 0) is 0 Å². The minimum absolute atomic E-state index is 0. The molecule has 1 N–H and O–H groups in total. The predicted molar refractivity (Wildman–Crippen MR) is 351 cm³/mol. The number of hydrogen-bond acceptors (Lipinski definition) is 6. The van der Waals surface area contributed by atoms with Crippen molar-refractivity contribution in [1.82, 2.24) is 0 Å². The van der Waals surface area contributed by atoms with Gasteiger partial charge in [0.1, 0.15) is 28.0 Å². The quantitative estimate of drug-likeness (QED) is 0.110. The summed E-state index contributed by atoms with van der Waals surface area (Å²) in [6, 6.07) is 109. The van der Waals surface area contributed by atoms with Crippen LogP contribution in [0.1, 0.15) is 7.43 Å². The van der Waals surface area contributed by atoms with E-state index in [4.69, 9.17) is 32.7 Å². The summed E-state index contributed by atoms with van der Waals surface area (Å²) in [6.45, 7) is 0. The maximum absolute atomic E-state index is 7.07. The van der Waals surface area contributed by atoms with Gasteiger partial charge in [0.2, 0.25) is 0 Å². The summed E-state index contributed by atoms with van der Waals surface area (Å²) in [4.78, 5) is 6.53. The maximum atomic E-state index is 7.07. The lowest BCUT2D eigenvalue weighted by atomic mass is 10.2. The predicted octanol–water partition coefficient (Wildman–Crippen LogP) is 23.5. The highest BCUT2D eigenvalue weighted by Gasteiger charge is 2.20. The minimum Gasteiger partial charge on any atom is -0.456 e. The second-order valence-electron chi connectivity index (χ2n) is 18.2. The normalized spacial score (nSPS) is 10.3. The standard InChI is InChI=1S/C36H27ClN2O.C24H17BrClNO.C12H11N.CH4/c37-36-34(39(30-19-9-3-10-20-30)31-21-11-4-12-22-31)25-14-26-35(36)40-33-24-13-23-32(27-33)38(28-15-5-1-6-16-28)29-17-7-2-8-18-29;25-22-15-8-16-23(24(22)26)28-21-14-7-13-20(17-21)27(18-9-3-1-4-10-18)19-11-5-2-6-12-19;1-3-7-11(8-4-1)13-12-9-5-2-6-10-12;/h1-27H;1-17H;1-10,13H;1H4. The Kier molecular flexibility index (Phi) is 20.3. The van der Waals surface area contributed by atoms with Gasteiger partial charge < -0.3 is 29.5 Å². The zero-order valence-electron chi connectivity index (χ0n) is 44.0. The van der Waals surface area contributed by atoms with Crippen molar-refractivity contribution in [2.24, 2.45) is 0 Å². The van der Waals surface area contributed by atoms with E-state index in [-0.39, 0.29) is 7.43 Å². The number of nitrogens with zero attached hydrogens (tertiary/aromatic N) is 3. The molecule has 9 heteroatoms. The summed E-state index contributed by atoms with van der Waals surface area (Å²) in [5.74, 6) is 2.60. The van der Waals surface area contributed by atoms with Gasteiger partial charge in [-0.1, -0.05) is 200 Å². The molecule has 0 bridgehead atoms. The molecule has 0 aliphatic heterocycles. The minimum atomic E-state index is 0. The molecule has 12 aromatic carbocycles. The van der Waals surface area contributed by atoms with Gasteiger partial charge in [-0.3, -0.25) is 0 Å². The van der Waals surface area contributed by atoms with E-state index < -0.39 is 0 Å². The Morgan fingerprint density at radius 3 is 0.915 bits per heavy atom. The third-order valence-electron chi connectivity index (χ3n) is 12.6. The molecule has 0 heterocycles. The largest absolute Gasteiger partial charge is 0.456 e. The van der Waals surface area contributed by atoms with Crippen LogP contribution in [0.2, 0.25) is 10.0 Å². The fourth-order valence-electron chi connectivity index (χ4n) is 8.93. The smallest absolute Gasteiger partial charge is 0.148 e. The molecule has 0 saturated heterocycles. The monoisotopic (exact) mass is 1170 g/mol. The van der Waals surface area contributed by atoms with Crippen molar-refractivity contribution in [1.29, 1.82) is 0 Å².